The molecule has 2 aliphatic carbocycles. The number of amides is 2. The third kappa shape index (κ3) is 5.59. The SMILES string of the molecule is N#CCCN(C(=O)O)[C@H]1CC[C@H](Nc2cc(NC3CC3)c3ncc(C(=O)Nc4ccncc4F)n3n2)CC1. The van der Waals surface area contributed by atoms with Gasteiger partial charge in [0.1, 0.15) is 5.82 Å². The highest BCUT2D eigenvalue weighted by Crippen LogP contribution is 2.30. The zero-order chi connectivity index (χ0) is 26.6. The minimum absolute atomic E-state index is 0.00694. The van der Waals surface area contributed by atoms with Crippen molar-refractivity contribution in [2.75, 3.05) is 22.5 Å². The van der Waals surface area contributed by atoms with Crippen LogP contribution in [0.5, 0.6) is 0 Å². The number of nitrogens with one attached hydrogen (secondary N) is 3. The number of aromatic nitrogens is 4. The molecule has 3 aromatic heterocycles. The van der Waals surface area contributed by atoms with Crippen molar-refractivity contribution < 1.29 is 19.1 Å². The molecule has 0 radical (unpaired) electrons. The lowest BCUT2D eigenvalue weighted by Gasteiger charge is -2.35. The Balaban J connectivity index is 1.34. The van der Waals surface area contributed by atoms with E-state index in [-0.39, 0.29) is 36.4 Å². The number of hydrogen-bond acceptors (Lipinski definition) is 8. The maximum atomic E-state index is 14.0. The lowest BCUT2D eigenvalue weighted by Crippen LogP contribution is -2.43. The number of halogens is 1. The first-order valence-electron chi connectivity index (χ1n) is 12.6. The summed E-state index contributed by atoms with van der Waals surface area (Å²) in [5.41, 5.74) is 1.38. The monoisotopic (exact) mass is 521 g/mol. The van der Waals surface area contributed by atoms with Crippen LogP contribution >= 0.6 is 0 Å². The second-order valence-electron chi connectivity index (χ2n) is 9.58. The van der Waals surface area contributed by atoms with E-state index in [1.165, 1.54) is 27.9 Å². The third-order valence-electron chi connectivity index (χ3n) is 6.86. The summed E-state index contributed by atoms with van der Waals surface area (Å²) in [6, 6.07) is 5.52. The number of rotatable bonds is 9. The zero-order valence-electron chi connectivity index (χ0n) is 20.6. The molecule has 0 unspecified atom stereocenters. The first-order chi connectivity index (χ1) is 18.4. The quantitative estimate of drug-likeness (QED) is 0.329. The number of nitriles is 1. The van der Waals surface area contributed by atoms with Crippen LogP contribution in [0.25, 0.3) is 5.65 Å². The van der Waals surface area contributed by atoms with E-state index in [0.717, 1.165) is 37.6 Å². The van der Waals surface area contributed by atoms with Crippen molar-refractivity contribution in [1.82, 2.24) is 24.5 Å². The van der Waals surface area contributed by atoms with Crippen molar-refractivity contribution in [2.45, 2.75) is 63.1 Å². The van der Waals surface area contributed by atoms with Crippen LogP contribution in [0.15, 0.2) is 30.7 Å². The summed E-state index contributed by atoms with van der Waals surface area (Å²) in [5.74, 6) is -0.659. The Morgan fingerprint density at radius 1 is 1.13 bits per heavy atom. The van der Waals surface area contributed by atoms with Gasteiger partial charge in [-0.1, -0.05) is 0 Å². The lowest BCUT2D eigenvalue weighted by molar-refractivity contribution is 0.101. The minimum atomic E-state index is -1.00. The van der Waals surface area contributed by atoms with Crippen LogP contribution in [0, 0.1) is 17.1 Å². The van der Waals surface area contributed by atoms with E-state index in [4.69, 9.17) is 5.26 Å². The maximum absolute atomic E-state index is 14.0. The number of carbonyl (C=O) groups is 2. The summed E-state index contributed by atoms with van der Waals surface area (Å²) >= 11 is 0. The van der Waals surface area contributed by atoms with Gasteiger partial charge in [-0.15, -0.1) is 5.10 Å². The highest BCUT2D eigenvalue weighted by atomic mass is 19.1. The van der Waals surface area contributed by atoms with Gasteiger partial charge in [0, 0.05) is 36.9 Å². The molecule has 2 aliphatic rings. The van der Waals surface area contributed by atoms with E-state index in [1.54, 1.807) is 0 Å². The molecule has 0 atom stereocenters. The Hall–Kier alpha value is -4.47. The molecule has 0 aliphatic heterocycles. The molecule has 0 saturated heterocycles. The average molecular weight is 522 g/mol. The first-order valence-corrected chi connectivity index (χ1v) is 12.6. The molecule has 2 fully saturated rings. The van der Waals surface area contributed by atoms with Crippen LogP contribution in [0.1, 0.15) is 55.4 Å². The highest BCUT2D eigenvalue weighted by Gasteiger charge is 2.29. The fraction of sp³-hybridized carbons (Fsp3) is 0.440. The van der Waals surface area contributed by atoms with Crippen molar-refractivity contribution in [1.29, 1.82) is 5.26 Å². The van der Waals surface area contributed by atoms with Crippen LogP contribution in [0.2, 0.25) is 0 Å². The van der Waals surface area contributed by atoms with Gasteiger partial charge in [0.2, 0.25) is 0 Å². The van der Waals surface area contributed by atoms with Gasteiger partial charge in [-0.3, -0.25) is 9.78 Å². The van der Waals surface area contributed by atoms with Gasteiger partial charge in [-0.05, 0) is 44.6 Å². The van der Waals surface area contributed by atoms with E-state index >= 15 is 0 Å². The lowest BCUT2D eigenvalue weighted by atomic mass is 9.90. The summed E-state index contributed by atoms with van der Waals surface area (Å²) in [5, 5.41) is 32.4. The molecule has 38 heavy (non-hydrogen) atoms. The first kappa shape index (κ1) is 25.2. The molecular weight excluding hydrogens is 493 g/mol. The third-order valence-corrected chi connectivity index (χ3v) is 6.86. The van der Waals surface area contributed by atoms with Crippen LogP contribution in [-0.4, -0.2) is 66.3 Å². The number of hydrogen-bond donors (Lipinski definition) is 4. The number of nitrogens with zero attached hydrogens (tertiary/aromatic N) is 6. The number of anilines is 3. The van der Waals surface area contributed by atoms with E-state index in [0.29, 0.717) is 30.3 Å². The Morgan fingerprint density at radius 2 is 1.87 bits per heavy atom. The Bertz CT molecular complexity index is 1380. The maximum Gasteiger partial charge on any atom is 0.407 e. The van der Waals surface area contributed by atoms with E-state index in [2.05, 4.69) is 31.0 Å². The van der Waals surface area contributed by atoms with Crippen LogP contribution < -0.4 is 16.0 Å². The Kier molecular flexibility index (Phi) is 7.21. The summed E-state index contributed by atoms with van der Waals surface area (Å²) in [4.78, 5) is 34.1. The summed E-state index contributed by atoms with van der Waals surface area (Å²) in [6.07, 6.45) is 7.86. The van der Waals surface area contributed by atoms with Crippen molar-refractivity contribution in [3.8, 4) is 6.07 Å². The van der Waals surface area contributed by atoms with Crippen LogP contribution in [-0.2, 0) is 0 Å². The fourth-order valence-electron chi connectivity index (χ4n) is 4.76. The molecule has 2 amide bonds. The molecule has 3 heterocycles. The molecule has 0 bridgehead atoms. The molecule has 3 aromatic rings. The van der Waals surface area contributed by atoms with Gasteiger partial charge in [0.25, 0.3) is 5.91 Å². The molecule has 13 heteroatoms. The number of carboxylic acid groups (broad SMARTS) is 1. The number of pyridine rings is 1. The Morgan fingerprint density at radius 3 is 2.55 bits per heavy atom. The second-order valence-corrected chi connectivity index (χ2v) is 9.58. The Labute approximate surface area is 217 Å². The summed E-state index contributed by atoms with van der Waals surface area (Å²) in [6.45, 7) is 0.206. The van der Waals surface area contributed by atoms with Gasteiger partial charge >= 0.3 is 6.09 Å². The standard InChI is InChI=1S/C25H28FN9O3/c26-18-13-28-10-8-19(18)32-24(36)21-14-29-23-20(30-15-2-3-15)12-22(33-35(21)23)31-16-4-6-17(7-5-16)34(25(37)38)11-1-9-27/h8,10,12-17,30H,1-7,11H2,(H,31,33)(H,37,38)(H,28,32,36)/t16-,17-. The van der Waals surface area contributed by atoms with Crippen molar-refractivity contribution in [3.63, 3.8) is 0 Å². The topological polar surface area (TPSA) is 161 Å². The summed E-state index contributed by atoms with van der Waals surface area (Å²) in [7, 11) is 0. The largest absolute Gasteiger partial charge is 0.465 e. The van der Waals surface area contributed by atoms with Gasteiger partial charge < -0.3 is 26.0 Å². The van der Waals surface area contributed by atoms with Crippen molar-refractivity contribution in [2.24, 2.45) is 0 Å². The molecule has 0 aromatic carbocycles. The van der Waals surface area contributed by atoms with E-state index < -0.39 is 17.8 Å². The molecule has 2 saturated carbocycles. The van der Waals surface area contributed by atoms with Gasteiger partial charge in [0.05, 0.1) is 36.3 Å². The molecule has 198 valence electrons. The van der Waals surface area contributed by atoms with Crippen molar-refractivity contribution >= 4 is 34.8 Å². The zero-order valence-corrected chi connectivity index (χ0v) is 20.6. The molecule has 4 N–H and O–H groups in total. The molecular formula is C25H28FN9O3. The fourth-order valence-corrected chi connectivity index (χ4v) is 4.76. The molecule has 0 spiro atoms. The number of carbonyl (C=O) groups excluding carboxylic acids is 1. The molecule has 12 nitrogen and oxygen atoms in total. The normalized spacial score (nSPS) is 18.9. The molecule has 5 rings (SSSR count). The number of fused-ring (bicyclic) bond motifs is 1. The predicted octanol–water partition coefficient (Wildman–Crippen LogP) is 3.71. The minimum Gasteiger partial charge on any atom is -0.465 e. The van der Waals surface area contributed by atoms with Gasteiger partial charge in [-0.2, -0.15) is 5.26 Å². The van der Waals surface area contributed by atoms with Gasteiger partial charge in [-0.25, -0.2) is 18.7 Å². The average Bonchev–Trinajstić information content (AvgIpc) is 3.61. The van der Waals surface area contributed by atoms with Crippen LogP contribution in [0.4, 0.5) is 26.4 Å². The summed E-state index contributed by atoms with van der Waals surface area (Å²) < 4.78 is 15.5. The number of imidazole rings is 1. The van der Waals surface area contributed by atoms with E-state index in [1.807, 2.05) is 12.1 Å². The van der Waals surface area contributed by atoms with Crippen molar-refractivity contribution in [3.05, 3.63) is 42.2 Å². The predicted molar refractivity (Wildman–Crippen MR) is 136 cm³/mol. The van der Waals surface area contributed by atoms with E-state index in [9.17, 15) is 19.1 Å². The highest BCUT2D eigenvalue weighted by molar-refractivity contribution is 6.03. The second kappa shape index (κ2) is 10.9. The smallest absolute Gasteiger partial charge is 0.407 e. The van der Waals surface area contributed by atoms with Crippen LogP contribution in [0.3, 0.4) is 0 Å². The van der Waals surface area contributed by atoms with Gasteiger partial charge in [0.15, 0.2) is 17.2 Å².